The Kier molecular flexibility index (Phi) is 4.27. The molecule has 7 nitrogen and oxygen atoms in total. The topological polar surface area (TPSA) is 89.1 Å². The molecule has 1 aliphatic heterocycles. The molecule has 1 aliphatic rings. The first-order valence-electron chi connectivity index (χ1n) is 6.32. The van der Waals surface area contributed by atoms with Gasteiger partial charge in [0.25, 0.3) is 5.91 Å². The summed E-state index contributed by atoms with van der Waals surface area (Å²) >= 11 is 0. The van der Waals surface area contributed by atoms with E-state index in [2.05, 4.69) is 22.1 Å². The van der Waals surface area contributed by atoms with Crippen LogP contribution in [-0.4, -0.2) is 45.4 Å². The smallest absolute Gasteiger partial charge is 0.287 e. The zero-order valence-electron chi connectivity index (χ0n) is 10.7. The standard InChI is InChI=1S/C11H20N6O/c1-9-3-2-4-16(7-9)5-6-17-8-10(14-15-17)11(18)13-12/h8-9H,2-7,12H2,1H3,(H,13,18). The Morgan fingerprint density at radius 3 is 3.17 bits per heavy atom. The predicted molar refractivity (Wildman–Crippen MR) is 66.5 cm³/mol. The first kappa shape index (κ1) is 13.0. The maximum absolute atomic E-state index is 11.2. The molecule has 0 aliphatic carbocycles. The van der Waals surface area contributed by atoms with Crippen molar-refractivity contribution >= 4 is 5.91 Å². The van der Waals surface area contributed by atoms with E-state index in [1.165, 1.54) is 12.8 Å². The average molecular weight is 252 g/mol. The summed E-state index contributed by atoms with van der Waals surface area (Å²) in [6.45, 7) is 6.26. The van der Waals surface area contributed by atoms with Gasteiger partial charge in [-0.25, -0.2) is 5.84 Å². The number of hydrogen-bond acceptors (Lipinski definition) is 5. The van der Waals surface area contributed by atoms with Gasteiger partial charge < -0.3 is 4.90 Å². The summed E-state index contributed by atoms with van der Waals surface area (Å²) < 4.78 is 1.68. The van der Waals surface area contributed by atoms with Crippen LogP contribution in [0.25, 0.3) is 0 Å². The lowest BCUT2D eigenvalue weighted by Crippen LogP contribution is -2.36. The highest BCUT2D eigenvalue weighted by molar-refractivity contribution is 5.91. The van der Waals surface area contributed by atoms with E-state index in [-0.39, 0.29) is 5.69 Å². The Labute approximate surface area is 106 Å². The van der Waals surface area contributed by atoms with Crippen LogP contribution in [0, 0.1) is 5.92 Å². The van der Waals surface area contributed by atoms with E-state index < -0.39 is 5.91 Å². The van der Waals surface area contributed by atoms with Gasteiger partial charge in [0, 0.05) is 13.1 Å². The molecule has 1 aromatic heterocycles. The van der Waals surface area contributed by atoms with Crippen molar-refractivity contribution in [3.8, 4) is 0 Å². The number of carbonyl (C=O) groups is 1. The molecule has 1 atom stereocenters. The van der Waals surface area contributed by atoms with Crippen LogP contribution in [0.4, 0.5) is 0 Å². The van der Waals surface area contributed by atoms with Crippen LogP contribution in [0.5, 0.6) is 0 Å². The fourth-order valence-electron chi connectivity index (χ4n) is 2.32. The van der Waals surface area contributed by atoms with Crippen LogP contribution in [0.15, 0.2) is 6.20 Å². The Bertz CT molecular complexity index is 404. The Morgan fingerprint density at radius 2 is 2.44 bits per heavy atom. The van der Waals surface area contributed by atoms with E-state index in [1.54, 1.807) is 10.9 Å². The summed E-state index contributed by atoms with van der Waals surface area (Å²) in [4.78, 5) is 13.6. The lowest BCUT2D eigenvalue weighted by atomic mass is 10.0. The summed E-state index contributed by atoms with van der Waals surface area (Å²) in [6.07, 6.45) is 4.20. The molecule has 1 unspecified atom stereocenters. The molecule has 7 heteroatoms. The van der Waals surface area contributed by atoms with E-state index >= 15 is 0 Å². The maximum atomic E-state index is 11.2. The van der Waals surface area contributed by atoms with Crippen molar-refractivity contribution in [2.45, 2.75) is 26.3 Å². The maximum Gasteiger partial charge on any atom is 0.287 e. The molecule has 1 fully saturated rings. The number of hydrazine groups is 1. The molecule has 0 bridgehead atoms. The third-order valence-electron chi connectivity index (χ3n) is 3.29. The molecule has 0 saturated carbocycles. The molecule has 3 N–H and O–H groups in total. The van der Waals surface area contributed by atoms with Crippen molar-refractivity contribution in [3.05, 3.63) is 11.9 Å². The van der Waals surface area contributed by atoms with E-state index in [0.29, 0.717) is 0 Å². The molecule has 1 saturated heterocycles. The van der Waals surface area contributed by atoms with Crippen molar-refractivity contribution in [3.63, 3.8) is 0 Å². The lowest BCUT2D eigenvalue weighted by Gasteiger charge is -2.30. The van der Waals surface area contributed by atoms with Gasteiger partial charge in [-0.2, -0.15) is 0 Å². The van der Waals surface area contributed by atoms with Gasteiger partial charge >= 0.3 is 0 Å². The predicted octanol–water partition coefficient (Wildman–Crippen LogP) is -0.386. The van der Waals surface area contributed by atoms with Gasteiger partial charge in [-0.05, 0) is 25.3 Å². The number of likely N-dealkylation sites (tertiary alicyclic amines) is 1. The van der Waals surface area contributed by atoms with E-state index in [9.17, 15) is 4.79 Å². The number of nitrogen functional groups attached to an aromatic ring is 1. The monoisotopic (exact) mass is 252 g/mol. The van der Waals surface area contributed by atoms with Crippen LogP contribution < -0.4 is 11.3 Å². The average Bonchev–Trinajstić information content (AvgIpc) is 2.84. The highest BCUT2D eigenvalue weighted by Crippen LogP contribution is 2.14. The van der Waals surface area contributed by atoms with Crippen LogP contribution in [-0.2, 0) is 6.54 Å². The van der Waals surface area contributed by atoms with E-state index in [4.69, 9.17) is 5.84 Å². The highest BCUT2D eigenvalue weighted by atomic mass is 16.2. The zero-order valence-corrected chi connectivity index (χ0v) is 10.7. The summed E-state index contributed by atoms with van der Waals surface area (Å²) in [7, 11) is 0. The third kappa shape index (κ3) is 3.27. The molecule has 18 heavy (non-hydrogen) atoms. The van der Waals surface area contributed by atoms with Gasteiger partial charge in [-0.1, -0.05) is 12.1 Å². The van der Waals surface area contributed by atoms with Crippen molar-refractivity contribution in [2.75, 3.05) is 19.6 Å². The Morgan fingerprint density at radius 1 is 1.61 bits per heavy atom. The van der Waals surface area contributed by atoms with Crippen molar-refractivity contribution in [1.82, 2.24) is 25.3 Å². The fourth-order valence-corrected chi connectivity index (χ4v) is 2.32. The normalized spacial score (nSPS) is 20.9. The quantitative estimate of drug-likeness (QED) is 0.433. The number of nitrogens with zero attached hydrogens (tertiary/aromatic N) is 4. The second-order valence-electron chi connectivity index (χ2n) is 4.89. The van der Waals surface area contributed by atoms with Gasteiger partial charge in [0.2, 0.25) is 0 Å². The molecule has 0 aromatic carbocycles. The van der Waals surface area contributed by atoms with Gasteiger partial charge in [0.1, 0.15) is 0 Å². The Balaban J connectivity index is 1.82. The fraction of sp³-hybridized carbons (Fsp3) is 0.727. The second-order valence-corrected chi connectivity index (χ2v) is 4.89. The molecule has 2 rings (SSSR count). The number of nitrogens with one attached hydrogen (secondary N) is 1. The van der Waals surface area contributed by atoms with Gasteiger partial charge in [0.15, 0.2) is 5.69 Å². The summed E-state index contributed by atoms with van der Waals surface area (Å²) in [6, 6.07) is 0. The van der Waals surface area contributed by atoms with Crippen LogP contribution >= 0.6 is 0 Å². The number of rotatable bonds is 4. The molecule has 0 spiro atoms. The van der Waals surface area contributed by atoms with Crippen LogP contribution in [0.1, 0.15) is 30.3 Å². The molecule has 2 heterocycles. The molecule has 1 aromatic rings. The number of amides is 1. The summed E-state index contributed by atoms with van der Waals surface area (Å²) in [5.41, 5.74) is 2.29. The minimum Gasteiger partial charge on any atom is -0.301 e. The highest BCUT2D eigenvalue weighted by Gasteiger charge is 2.16. The third-order valence-corrected chi connectivity index (χ3v) is 3.29. The second kappa shape index (κ2) is 5.92. The van der Waals surface area contributed by atoms with Crippen LogP contribution in [0.2, 0.25) is 0 Å². The zero-order chi connectivity index (χ0) is 13.0. The van der Waals surface area contributed by atoms with Crippen molar-refractivity contribution in [1.29, 1.82) is 0 Å². The first-order valence-corrected chi connectivity index (χ1v) is 6.32. The van der Waals surface area contributed by atoms with Gasteiger partial charge in [-0.15, -0.1) is 5.10 Å². The first-order chi connectivity index (χ1) is 8.69. The number of nitrogens with two attached hydrogens (primary N) is 1. The molecular formula is C11H20N6O. The van der Waals surface area contributed by atoms with E-state index in [1.807, 2.05) is 5.43 Å². The molecule has 0 radical (unpaired) electrons. The van der Waals surface area contributed by atoms with Crippen LogP contribution in [0.3, 0.4) is 0 Å². The van der Waals surface area contributed by atoms with Gasteiger partial charge in [0.05, 0.1) is 12.7 Å². The van der Waals surface area contributed by atoms with Gasteiger partial charge in [-0.3, -0.25) is 14.9 Å². The number of aromatic nitrogens is 3. The lowest BCUT2D eigenvalue weighted by molar-refractivity contribution is 0.0948. The number of carbonyl (C=O) groups excluding carboxylic acids is 1. The molecule has 1 amide bonds. The SMILES string of the molecule is CC1CCCN(CCn2cc(C(=O)NN)nn2)C1. The number of hydrogen-bond donors (Lipinski definition) is 2. The van der Waals surface area contributed by atoms with E-state index in [0.717, 1.165) is 32.1 Å². The van der Waals surface area contributed by atoms with Crippen molar-refractivity contribution in [2.24, 2.45) is 11.8 Å². The number of piperidine rings is 1. The largest absolute Gasteiger partial charge is 0.301 e. The minimum atomic E-state index is -0.409. The minimum absolute atomic E-state index is 0.254. The van der Waals surface area contributed by atoms with Crippen molar-refractivity contribution < 1.29 is 4.79 Å². The molecule has 100 valence electrons. The summed E-state index contributed by atoms with van der Waals surface area (Å²) in [5.74, 6) is 5.40. The Hall–Kier alpha value is -1.47. The molecular weight excluding hydrogens is 232 g/mol. The summed E-state index contributed by atoms with van der Waals surface area (Å²) in [5, 5.41) is 7.68.